The van der Waals surface area contributed by atoms with Crippen molar-refractivity contribution in [2.75, 3.05) is 0 Å². The van der Waals surface area contributed by atoms with Crippen molar-refractivity contribution in [3.8, 4) is 0 Å². The third-order valence-electron chi connectivity index (χ3n) is 7.37. The van der Waals surface area contributed by atoms with Gasteiger partial charge in [-0.05, 0) is 32.1 Å². The molecule has 0 aromatic heterocycles. The molecule has 0 aliphatic rings. The summed E-state index contributed by atoms with van der Waals surface area (Å²) in [6, 6.07) is -0.434. The number of carboxylic acids is 2. The maximum Gasteiger partial charge on any atom is 0.307 e. The van der Waals surface area contributed by atoms with Crippen molar-refractivity contribution in [3.63, 3.8) is 0 Å². The number of esters is 1. The first-order chi connectivity index (χ1) is 19.2. The highest BCUT2D eigenvalue weighted by atomic mass is 16.5. The van der Waals surface area contributed by atoms with E-state index in [9.17, 15) is 39.3 Å². The Hall–Kier alpha value is -2.53. The van der Waals surface area contributed by atoms with Crippen LogP contribution in [-0.2, 0) is 28.7 Å². The molecule has 0 heterocycles. The lowest BCUT2D eigenvalue weighted by atomic mass is 9.89. The molecular formula is C30H53NO10. The molecule has 11 heteroatoms. The number of amides is 1. The van der Waals surface area contributed by atoms with Crippen molar-refractivity contribution >= 4 is 29.6 Å². The SMILES string of the molecule is CCCC[C@H](C)C(=O)[C@H](C[C@@H](C)CCCCCC[C@H](O)C[C@H](O)[C@@H](C)NC(C)=O)OC(=O)C[C@@H](CC(=O)O)C(=O)O. The van der Waals surface area contributed by atoms with E-state index in [-0.39, 0.29) is 29.9 Å². The number of unbranched alkanes of at least 4 members (excludes halogenated alkanes) is 4. The van der Waals surface area contributed by atoms with Gasteiger partial charge in [-0.25, -0.2) is 0 Å². The minimum atomic E-state index is -1.42. The summed E-state index contributed by atoms with van der Waals surface area (Å²) in [5.74, 6) is -5.74. The van der Waals surface area contributed by atoms with E-state index in [2.05, 4.69) is 5.32 Å². The zero-order chi connectivity index (χ0) is 31.5. The first-order valence-corrected chi connectivity index (χ1v) is 15.0. The smallest absolute Gasteiger partial charge is 0.307 e. The summed E-state index contributed by atoms with van der Waals surface area (Å²) in [5.41, 5.74) is 0. The highest BCUT2D eigenvalue weighted by molar-refractivity contribution is 5.88. The molecule has 0 aromatic carbocycles. The molecule has 0 rings (SSSR count). The molecule has 238 valence electrons. The highest BCUT2D eigenvalue weighted by Crippen LogP contribution is 2.23. The number of nitrogens with one attached hydrogen (secondary N) is 1. The van der Waals surface area contributed by atoms with Crippen LogP contribution in [0.2, 0.25) is 0 Å². The number of carbonyl (C=O) groups excluding carboxylic acids is 3. The predicted molar refractivity (Wildman–Crippen MR) is 153 cm³/mol. The van der Waals surface area contributed by atoms with Gasteiger partial charge in [0, 0.05) is 19.3 Å². The lowest BCUT2D eigenvalue weighted by Crippen LogP contribution is -2.41. The van der Waals surface area contributed by atoms with E-state index in [1.807, 2.05) is 13.8 Å². The van der Waals surface area contributed by atoms with E-state index in [1.54, 1.807) is 13.8 Å². The fraction of sp³-hybridized carbons (Fsp3) is 0.833. The van der Waals surface area contributed by atoms with Gasteiger partial charge in [-0.15, -0.1) is 0 Å². The Kier molecular flexibility index (Phi) is 19.9. The number of hydrogen-bond acceptors (Lipinski definition) is 8. The van der Waals surface area contributed by atoms with Crippen LogP contribution in [0, 0.1) is 17.8 Å². The topological polar surface area (TPSA) is 188 Å². The van der Waals surface area contributed by atoms with Gasteiger partial charge >= 0.3 is 17.9 Å². The van der Waals surface area contributed by atoms with E-state index in [0.29, 0.717) is 19.3 Å². The van der Waals surface area contributed by atoms with Crippen molar-refractivity contribution in [1.29, 1.82) is 0 Å². The second-order valence-electron chi connectivity index (χ2n) is 11.5. The number of rotatable bonds is 24. The number of aliphatic carboxylic acids is 2. The Balaban J connectivity index is 4.78. The number of carboxylic acid groups (broad SMARTS) is 2. The number of ketones is 1. The second-order valence-corrected chi connectivity index (χ2v) is 11.5. The van der Waals surface area contributed by atoms with E-state index in [1.165, 1.54) is 6.92 Å². The van der Waals surface area contributed by atoms with Crippen molar-refractivity contribution < 1.29 is 49.1 Å². The molecule has 0 radical (unpaired) electrons. The van der Waals surface area contributed by atoms with Gasteiger partial charge in [-0.2, -0.15) is 0 Å². The van der Waals surface area contributed by atoms with Gasteiger partial charge in [0.1, 0.15) is 0 Å². The number of Topliss-reactive ketones (excluding diaryl/α,β-unsaturated/α-hetero) is 1. The van der Waals surface area contributed by atoms with Crippen LogP contribution in [0.15, 0.2) is 0 Å². The maximum absolute atomic E-state index is 13.1. The summed E-state index contributed by atoms with van der Waals surface area (Å²) in [4.78, 5) is 59.1. The van der Waals surface area contributed by atoms with Crippen molar-refractivity contribution in [2.24, 2.45) is 17.8 Å². The van der Waals surface area contributed by atoms with Gasteiger partial charge in [0.15, 0.2) is 11.9 Å². The Morgan fingerprint density at radius 3 is 1.95 bits per heavy atom. The van der Waals surface area contributed by atoms with E-state index in [0.717, 1.165) is 44.9 Å². The molecule has 7 atom stereocenters. The fourth-order valence-electron chi connectivity index (χ4n) is 4.78. The molecule has 1 amide bonds. The molecule has 0 saturated heterocycles. The normalized spacial score (nSPS) is 16.5. The molecular weight excluding hydrogens is 534 g/mol. The lowest BCUT2D eigenvalue weighted by molar-refractivity contribution is -0.161. The summed E-state index contributed by atoms with van der Waals surface area (Å²) in [5, 5.41) is 41.1. The molecule has 0 fully saturated rings. The average Bonchev–Trinajstić information content (AvgIpc) is 2.87. The maximum atomic E-state index is 13.1. The fourth-order valence-corrected chi connectivity index (χ4v) is 4.78. The van der Waals surface area contributed by atoms with Gasteiger partial charge in [0.2, 0.25) is 5.91 Å². The summed E-state index contributed by atoms with van der Waals surface area (Å²) in [6.07, 6.45) is 3.88. The van der Waals surface area contributed by atoms with Crippen LogP contribution >= 0.6 is 0 Å². The standard InChI is InChI=1S/C30H53NO10/c1-6-7-13-20(3)29(38)26(41-28(37)17-23(30(39)40)16-27(35)36)15-19(2)12-10-8-9-11-14-24(33)18-25(34)21(4)31-22(5)32/h19-21,23-26,33-34H,6-18H2,1-5H3,(H,31,32)(H,35,36)(H,39,40)/t19-,20-,21+,23+,24-,25-,26-/m0/s1. The molecule has 0 unspecified atom stereocenters. The first-order valence-electron chi connectivity index (χ1n) is 15.0. The molecule has 0 saturated carbocycles. The van der Waals surface area contributed by atoms with Crippen LogP contribution in [0.3, 0.4) is 0 Å². The van der Waals surface area contributed by atoms with Gasteiger partial charge in [-0.3, -0.25) is 24.0 Å². The van der Waals surface area contributed by atoms with Crippen LogP contribution in [0.25, 0.3) is 0 Å². The zero-order valence-corrected chi connectivity index (χ0v) is 25.5. The van der Waals surface area contributed by atoms with E-state index in [4.69, 9.17) is 9.84 Å². The Morgan fingerprint density at radius 1 is 0.805 bits per heavy atom. The Morgan fingerprint density at radius 2 is 1.41 bits per heavy atom. The van der Waals surface area contributed by atoms with E-state index >= 15 is 0 Å². The van der Waals surface area contributed by atoms with Crippen LogP contribution in [0.1, 0.15) is 118 Å². The summed E-state index contributed by atoms with van der Waals surface area (Å²) < 4.78 is 5.47. The number of carbonyl (C=O) groups is 5. The van der Waals surface area contributed by atoms with Crippen LogP contribution in [0.5, 0.6) is 0 Å². The number of ether oxygens (including phenoxy) is 1. The molecule has 0 bridgehead atoms. The minimum absolute atomic E-state index is 0.0559. The molecule has 0 aromatic rings. The van der Waals surface area contributed by atoms with Gasteiger partial charge < -0.3 is 30.5 Å². The summed E-state index contributed by atoms with van der Waals surface area (Å²) in [7, 11) is 0. The van der Waals surface area contributed by atoms with Crippen LogP contribution in [0.4, 0.5) is 0 Å². The van der Waals surface area contributed by atoms with Gasteiger partial charge in [0.05, 0.1) is 37.0 Å². The third kappa shape index (κ3) is 18.5. The molecule has 5 N–H and O–H groups in total. The molecule has 0 spiro atoms. The number of aliphatic hydroxyl groups is 2. The number of hydrogen-bond donors (Lipinski definition) is 5. The lowest BCUT2D eigenvalue weighted by Gasteiger charge is -2.24. The zero-order valence-electron chi connectivity index (χ0n) is 25.5. The molecule has 41 heavy (non-hydrogen) atoms. The molecule has 11 nitrogen and oxygen atoms in total. The van der Waals surface area contributed by atoms with Crippen molar-refractivity contribution in [1.82, 2.24) is 5.32 Å². The quantitative estimate of drug-likeness (QED) is 0.0819. The van der Waals surface area contributed by atoms with Gasteiger partial charge in [0.25, 0.3) is 0 Å². The van der Waals surface area contributed by atoms with Crippen molar-refractivity contribution in [2.45, 2.75) is 142 Å². The van der Waals surface area contributed by atoms with Crippen LogP contribution < -0.4 is 5.32 Å². The Labute approximate surface area is 244 Å². The first kappa shape index (κ1) is 38.5. The summed E-state index contributed by atoms with van der Waals surface area (Å²) >= 11 is 0. The minimum Gasteiger partial charge on any atom is -0.481 e. The third-order valence-corrected chi connectivity index (χ3v) is 7.37. The second kappa shape index (κ2) is 21.2. The predicted octanol–water partition coefficient (Wildman–Crippen LogP) is 3.86. The number of aliphatic hydroxyl groups excluding tert-OH is 2. The van der Waals surface area contributed by atoms with Crippen molar-refractivity contribution in [3.05, 3.63) is 0 Å². The van der Waals surface area contributed by atoms with E-state index < -0.39 is 61.0 Å². The monoisotopic (exact) mass is 587 g/mol. The molecule has 0 aliphatic carbocycles. The Bertz CT molecular complexity index is 817. The summed E-state index contributed by atoms with van der Waals surface area (Å²) in [6.45, 7) is 8.85. The molecule has 0 aliphatic heterocycles. The highest BCUT2D eigenvalue weighted by Gasteiger charge is 2.31. The van der Waals surface area contributed by atoms with Gasteiger partial charge in [-0.1, -0.05) is 65.7 Å². The average molecular weight is 588 g/mol. The largest absolute Gasteiger partial charge is 0.481 e. The van der Waals surface area contributed by atoms with Crippen LogP contribution in [-0.4, -0.2) is 74.4 Å².